The zero-order valence-electron chi connectivity index (χ0n) is 14.8. The van der Waals surface area contributed by atoms with E-state index in [1.54, 1.807) is 0 Å². The maximum absolute atomic E-state index is 12.7. The third-order valence-electron chi connectivity index (χ3n) is 6.09. The van der Waals surface area contributed by atoms with Crippen LogP contribution in [0.15, 0.2) is 0 Å². The van der Waals surface area contributed by atoms with Crippen molar-refractivity contribution in [3.8, 4) is 0 Å². The molecule has 1 saturated carbocycles. The van der Waals surface area contributed by atoms with Crippen LogP contribution in [0.5, 0.6) is 0 Å². The van der Waals surface area contributed by atoms with Gasteiger partial charge in [-0.3, -0.25) is 0 Å². The molecule has 0 aromatic rings. The normalized spacial score (nSPS) is 32.0. The number of nitrogens with zero attached hydrogens (tertiary/aromatic N) is 2. The molecule has 0 aromatic heterocycles. The topological polar surface area (TPSA) is 35.6 Å². The zero-order valence-corrected chi connectivity index (χ0v) is 15.6. The maximum Gasteiger partial charge on any atom is 0.317 e. The first kappa shape index (κ1) is 17.4. The van der Waals surface area contributed by atoms with E-state index in [4.69, 9.17) is 0 Å². The summed E-state index contributed by atoms with van der Waals surface area (Å²) in [6.45, 7) is 7.74. The average Bonchev–Trinajstić information content (AvgIpc) is 2.70. The van der Waals surface area contributed by atoms with Gasteiger partial charge in [0.05, 0.1) is 0 Å². The van der Waals surface area contributed by atoms with Gasteiger partial charge in [-0.1, -0.05) is 6.42 Å². The van der Waals surface area contributed by atoms with Gasteiger partial charge >= 0.3 is 6.03 Å². The summed E-state index contributed by atoms with van der Waals surface area (Å²) in [5.41, 5.74) is 0. The smallest absolute Gasteiger partial charge is 0.317 e. The number of hydrogen-bond acceptors (Lipinski definition) is 3. The second-order valence-electron chi connectivity index (χ2n) is 7.66. The van der Waals surface area contributed by atoms with Crippen molar-refractivity contribution in [1.29, 1.82) is 0 Å². The molecular formula is C18H33N3OS. The maximum atomic E-state index is 12.7. The molecule has 1 N–H and O–H groups in total. The fourth-order valence-corrected chi connectivity index (χ4v) is 5.16. The molecular weight excluding hydrogens is 306 g/mol. The van der Waals surface area contributed by atoms with Crippen LogP contribution in [0.1, 0.15) is 52.4 Å². The van der Waals surface area contributed by atoms with Crippen molar-refractivity contribution < 1.29 is 4.79 Å². The van der Waals surface area contributed by atoms with Crippen LogP contribution in [0.25, 0.3) is 0 Å². The van der Waals surface area contributed by atoms with Crippen LogP contribution in [-0.4, -0.2) is 65.1 Å². The minimum absolute atomic E-state index is 0.160. The number of piperidine rings is 1. The second kappa shape index (κ2) is 8.11. The Hall–Kier alpha value is -0.420. The van der Waals surface area contributed by atoms with Crippen LogP contribution >= 0.6 is 11.8 Å². The van der Waals surface area contributed by atoms with Gasteiger partial charge in [0.1, 0.15) is 0 Å². The lowest BCUT2D eigenvalue weighted by Crippen LogP contribution is -2.54. The lowest BCUT2D eigenvalue weighted by molar-refractivity contribution is 0.0666. The highest BCUT2D eigenvalue weighted by Crippen LogP contribution is 2.30. The highest BCUT2D eigenvalue weighted by molar-refractivity contribution is 7.99. The molecule has 4 nitrogen and oxygen atoms in total. The number of rotatable bonds is 3. The predicted molar refractivity (Wildman–Crippen MR) is 98.0 cm³/mol. The van der Waals surface area contributed by atoms with Gasteiger partial charge in [0.25, 0.3) is 0 Å². The third-order valence-corrected chi connectivity index (χ3v) is 7.08. The molecule has 3 aliphatic rings. The summed E-state index contributed by atoms with van der Waals surface area (Å²) in [6.07, 6.45) is 7.84. The Morgan fingerprint density at radius 1 is 1.13 bits per heavy atom. The SMILES string of the molecule is C[C@H](NC(=O)N1CCSCC[C@@H]1C)[C@@H]1CCCN(C2CCC2)C1. The number of urea groups is 1. The van der Waals surface area contributed by atoms with Crippen LogP contribution in [0.3, 0.4) is 0 Å². The van der Waals surface area contributed by atoms with Crippen LogP contribution in [0.4, 0.5) is 4.79 Å². The minimum atomic E-state index is 0.160. The van der Waals surface area contributed by atoms with E-state index in [0.29, 0.717) is 12.0 Å². The van der Waals surface area contributed by atoms with Gasteiger partial charge in [-0.15, -0.1) is 0 Å². The molecule has 0 spiro atoms. The van der Waals surface area contributed by atoms with Crippen LogP contribution < -0.4 is 5.32 Å². The minimum Gasteiger partial charge on any atom is -0.335 e. The Labute approximate surface area is 145 Å². The summed E-state index contributed by atoms with van der Waals surface area (Å²) in [5, 5.41) is 3.32. The summed E-state index contributed by atoms with van der Waals surface area (Å²) < 4.78 is 0. The highest BCUT2D eigenvalue weighted by Gasteiger charge is 2.32. The molecule has 0 radical (unpaired) electrons. The van der Waals surface area contributed by atoms with E-state index in [-0.39, 0.29) is 12.1 Å². The summed E-state index contributed by atoms with van der Waals surface area (Å²) in [6, 6.07) is 1.65. The molecule has 5 heteroatoms. The number of amides is 2. The predicted octanol–water partition coefficient (Wildman–Crippen LogP) is 3.18. The lowest BCUT2D eigenvalue weighted by Gasteiger charge is -2.44. The molecule has 2 amide bonds. The van der Waals surface area contributed by atoms with Crippen LogP contribution in [0.2, 0.25) is 0 Å². The van der Waals surface area contributed by atoms with Crippen molar-refractivity contribution in [2.24, 2.45) is 5.92 Å². The average molecular weight is 340 g/mol. The summed E-state index contributed by atoms with van der Waals surface area (Å²) in [5.74, 6) is 2.87. The van der Waals surface area contributed by atoms with E-state index in [1.165, 1.54) is 50.9 Å². The number of carbonyl (C=O) groups excluding carboxylic acids is 1. The Morgan fingerprint density at radius 3 is 2.70 bits per heavy atom. The molecule has 2 heterocycles. The number of hydrogen-bond donors (Lipinski definition) is 1. The summed E-state index contributed by atoms with van der Waals surface area (Å²) in [4.78, 5) is 17.4. The third kappa shape index (κ3) is 4.36. The molecule has 132 valence electrons. The molecule has 3 fully saturated rings. The van der Waals surface area contributed by atoms with Gasteiger partial charge in [0.2, 0.25) is 0 Å². The molecule has 0 bridgehead atoms. The largest absolute Gasteiger partial charge is 0.335 e. The van der Waals surface area contributed by atoms with E-state index in [1.807, 2.05) is 11.8 Å². The molecule has 0 unspecified atom stereocenters. The van der Waals surface area contributed by atoms with E-state index in [9.17, 15) is 4.79 Å². The van der Waals surface area contributed by atoms with Gasteiger partial charge in [-0.2, -0.15) is 11.8 Å². The van der Waals surface area contributed by atoms with Gasteiger partial charge in [-0.05, 0) is 64.2 Å². The van der Waals surface area contributed by atoms with Crippen molar-refractivity contribution in [3.05, 3.63) is 0 Å². The van der Waals surface area contributed by atoms with E-state index in [2.05, 4.69) is 29.0 Å². The van der Waals surface area contributed by atoms with Crippen LogP contribution in [-0.2, 0) is 0 Å². The van der Waals surface area contributed by atoms with E-state index in [0.717, 1.165) is 24.8 Å². The van der Waals surface area contributed by atoms with Crippen molar-refractivity contribution >= 4 is 17.8 Å². The Balaban J connectivity index is 1.50. The molecule has 2 saturated heterocycles. The van der Waals surface area contributed by atoms with Gasteiger partial charge in [-0.25, -0.2) is 4.79 Å². The highest BCUT2D eigenvalue weighted by atomic mass is 32.2. The number of nitrogens with one attached hydrogen (secondary N) is 1. The second-order valence-corrected chi connectivity index (χ2v) is 8.89. The zero-order chi connectivity index (χ0) is 16.2. The monoisotopic (exact) mass is 339 g/mol. The van der Waals surface area contributed by atoms with E-state index >= 15 is 0 Å². The first-order chi connectivity index (χ1) is 11.1. The summed E-state index contributed by atoms with van der Waals surface area (Å²) in [7, 11) is 0. The van der Waals surface area contributed by atoms with Crippen molar-refractivity contribution in [1.82, 2.24) is 15.1 Å². The molecule has 2 aliphatic heterocycles. The Bertz CT molecular complexity index is 402. The number of likely N-dealkylation sites (tertiary alicyclic amines) is 1. The molecule has 0 aromatic carbocycles. The van der Waals surface area contributed by atoms with E-state index < -0.39 is 0 Å². The molecule has 23 heavy (non-hydrogen) atoms. The fraction of sp³-hybridized carbons (Fsp3) is 0.944. The number of carbonyl (C=O) groups is 1. The van der Waals surface area contributed by atoms with Crippen LogP contribution in [0, 0.1) is 5.92 Å². The lowest BCUT2D eigenvalue weighted by atomic mass is 9.85. The van der Waals surface area contributed by atoms with Gasteiger partial charge < -0.3 is 15.1 Å². The van der Waals surface area contributed by atoms with Crippen molar-refractivity contribution in [2.45, 2.75) is 70.5 Å². The Morgan fingerprint density at radius 2 is 1.96 bits per heavy atom. The number of thioether (sulfide) groups is 1. The van der Waals surface area contributed by atoms with Crippen molar-refractivity contribution in [2.75, 3.05) is 31.1 Å². The Kier molecular flexibility index (Phi) is 6.13. The molecule has 1 aliphatic carbocycles. The molecule has 3 atom stereocenters. The first-order valence-electron chi connectivity index (χ1n) is 9.54. The quantitative estimate of drug-likeness (QED) is 0.858. The van der Waals surface area contributed by atoms with Gasteiger partial charge in [0.15, 0.2) is 0 Å². The first-order valence-corrected chi connectivity index (χ1v) is 10.7. The summed E-state index contributed by atoms with van der Waals surface area (Å²) >= 11 is 1.97. The fourth-order valence-electron chi connectivity index (χ4n) is 4.12. The van der Waals surface area contributed by atoms with Gasteiger partial charge in [0, 0.05) is 37.0 Å². The van der Waals surface area contributed by atoms with Crippen molar-refractivity contribution in [3.63, 3.8) is 0 Å². The standard InChI is InChI=1S/C18H33N3OS/c1-14-8-11-23-12-10-21(14)18(22)19-15(2)16-5-4-9-20(13-16)17-6-3-7-17/h14-17H,3-13H2,1-2H3,(H,19,22)/t14-,15-,16+/m0/s1. The molecule has 3 rings (SSSR count).